The van der Waals surface area contributed by atoms with Crippen LogP contribution >= 0.6 is 23.8 Å². The summed E-state index contributed by atoms with van der Waals surface area (Å²) in [7, 11) is 1.51. The van der Waals surface area contributed by atoms with Gasteiger partial charge in [0.2, 0.25) is 0 Å². The van der Waals surface area contributed by atoms with Crippen LogP contribution in [0.15, 0.2) is 48.7 Å². The number of pyridine rings is 1. The smallest absolute Gasteiger partial charge is 0.330 e. The molecule has 1 aromatic heterocycles. The number of hydrogen-bond acceptors (Lipinski definition) is 7. The minimum Gasteiger partial charge on any atom is -0.463 e. The van der Waals surface area contributed by atoms with Gasteiger partial charge in [0.15, 0.2) is 0 Å². The fourth-order valence-electron chi connectivity index (χ4n) is 4.58. The number of fused-ring (bicyclic) bond motifs is 2. The van der Waals surface area contributed by atoms with Gasteiger partial charge in [0.25, 0.3) is 0 Å². The van der Waals surface area contributed by atoms with Crippen molar-refractivity contribution in [3.8, 4) is 0 Å². The van der Waals surface area contributed by atoms with Gasteiger partial charge in [-0.05, 0) is 72.7 Å². The van der Waals surface area contributed by atoms with Crippen LogP contribution in [-0.4, -0.2) is 42.1 Å². The molecule has 1 unspecified atom stereocenters. The van der Waals surface area contributed by atoms with Gasteiger partial charge in [-0.25, -0.2) is 14.0 Å². The molecule has 0 radical (unpaired) electrons. The Morgan fingerprint density at radius 1 is 1.30 bits per heavy atom. The summed E-state index contributed by atoms with van der Waals surface area (Å²) in [6.07, 6.45) is 9.22. The van der Waals surface area contributed by atoms with Gasteiger partial charge in [-0.1, -0.05) is 23.7 Å². The van der Waals surface area contributed by atoms with Crippen LogP contribution in [0, 0.1) is 5.92 Å². The Labute approximate surface area is 203 Å². The standard InChI is InChI=1S/C25H27ClN2O4S/c1-3-31-23(29)9-6-18-15-19-16-20(26)7-8-21(19)24(25-22(18)5-4-12-27-25)17-10-13-28(14-11-17)33-32-30-2/h4-9,12,15-17,24H,3,10-11,13-14H2,1-2H3/b9-6+. The Hall–Kier alpha value is -2.16. The zero-order valence-electron chi connectivity index (χ0n) is 18.7. The van der Waals surface area contributed by atoms with Crippen molar-refractivity contribution < 1.29 is 18.8 Å². The number of carbonyl (C=O) groups is 1. The third kappa shape index (κ3) is 5.67. The highest BCUT2D eigenvalue weighted by Gasteiger charge is 2.34. The number of hydrogen-bond donors (Lipinski definition) is 0. The lowest BCUT2D eigenvalue weighted by molar-refractivity contribution is -0.163. The van der Waals surface area contributed by atoms with Crippen LogP contribution in [0.4, 0.5) is 0 Å². The highest BCUT2D eigenvalue weighted by Crippen LogP contribution is 2.45. The lowest BCUT2D eigenvalue weighted by Crippen LogP contribution is -2.32. The van der Waals surface area contributed by atoms with Crippen LogP contribution in [0.3, 0.4) is 0 Å². The van der Waals surface area contributed by atoms with Crippen LogP contribution in [0.25, 0.3) is 11.6 Å². The molecule has 174 valence electrons. The molecule has 0 bridgehead atoms. The Bertz CT molecular complexity index is 1050. The maximum atomic E-state index is 12.0. The van der Waals surface area contributed by atoms with Crippen molar-refractivity contribution >= 4 is 41.4 Å². The van der Waals surface area contributed by atoms with Gasteiger partial charge in [-0.3, -0.25) is 4.98 Å². The van der Waals surface area contributed by atoms with E-state index in [1.54, 1.807) is 6.92 Å². The summed E-state index contributed by atoms with van der Waals surface area (Å²) in [6.45, 7) is 3.92. The Balaban J connectivity index is 1.73. The molecule has 1 aromatic carbocycles. The molecule has 2 heterocycles. The van der Waals surface area contributed by atoms with E-state index in [1.807, 2.05) is 30.5 Å². The fourth-order valence-corrected chi connectivity index (χ4v) is 5.26. The maximum Gasteiger partial charge on any atom is 0.330 e. The molecule has 0 N–H and O–H groups in total. The second-order valence-electron chi connectivity index (χ2n) is 7.95. The van der Waals surface area contributed by atoms with E-state index in [9.17, 15) is 4.79 Å². The average molecular weight is 487 g/mol. The van der Waals surface area contributed by atoms with Gasteiger partial charge in [0.05, 0.1) is 19.4 Å². The molecule has 0 spiro atoms. The van der Waals surface area contributed by atoms with Gasteiger partial charge in [-0.15, -0.1) is 4.33 Å². The first kappa shape index (κ1) is 24.0. The zero-order valence-corrected chi connectivity index (χ0v) is 20.3. The van der Waals surface area contributed by atoms with Crippen molar-refractivity contribution in [1.29, 1.82) is 0 Å². The van der Waals surface area contributed by atoms with Gasteiger partial charge >= 0.3 is 5.97 Å². The predicted octanol–water partition coefficient (Wildman–Crippen LogP) is 5.69. The number of benzene rings is 1. The minimum atomic E-state index is -0.362. The van der Waals surface area contributed by atoms with Crippen molar-refractivity contribution in [3.05, 3.63) is 76.1 Å². The molecular formula is C25H27ClN2O4S. The van der Waals surface area contributed by atoms with E-state index in [2.05, 4.69) is 22.5 Å². The fraction of sp³-hybridized carbons (Fsp3) is 0.360. The molecule has 6 nitrogen and oxygen atoms in total. The molecule has 8 heteroatoms. The Morgan fingerprint density at radius 3 is 2.88 bits per heavy atom. The topological polar surface area (TPSA) is 60.9 Å². The van der Waals surface area contributed by atoms with Gasteiger partial charge in [0, 0.05) is 41.9 Å². The number of carbonyl (C=O) groups excluding carboxylic acids is 1. The second-order valence-corrected chi connectivity index (χ2v) is 9.19. The van der Waals surface area contributed by atoms with E-state index in [1.165, 1.54) is 31.0 Å². The van der Waals surface area contributed by atoms with E-state index in [-0.39, 0.29) is 11.9 Å². The Morgan fingerprint density at radius 2 is 2.12 bits per heavy atom. The van der Waals surface area contributed by atoms with Crippen molar-refractivity contribution in [2.45, 2.75) is 25.7 Å². The number of esters is 1. The normalized spacial score (nSPS) is 19.0. The van der Waals surface area contributed by atoms with E-state index in [0.29, 0.717) is 17.5 Å². The number of ether oxygens (including phenoxy) is 1. The molecule has 1 aliphatic carbocycles. The number of rotatable bonds is 7. The molecule has 2 aromatic rings. The summed E-state index contributed by atoms with van der Waals surface area (Å²) >= 11 is 7.64. The average Bonchev–Trinajstić information content (AvgIpc) is 2.96. The lowest BCUT2D eigenvalue weighted by atomic mass is 9.76. The molecule has 2 aliphatic rings. The van der Waals surface area contributed by atoms with Crippen LogP contribution in [0.2, 0.25) is 5.02 Å². The van der Waals surface area contributed by atoms with Crippen molar-refractivity contribution in [1.82, 2.24) is 9.29 Å². The van der Waals surface area contributed by atoms with Crippen molar-refractivity contribution in [2.24, 2.45) is 5.92 Å². The van der Waals surface area contributed by atoms with Gasteiger partial charge in [-0.2, -0.15) is 0 Å². The third-order valence-electron chi connectivity index (χ3n) is 6.00. The van der Waals surface area contributed by atoms with Crippen LogP contribution in [-0.2, 0) is 18.8 Å². The summed E-state index contributed by atoms with van der Waals surface area (Å²) < 4.78 is 12.3. The largest absolute Gasteiger partial charge is 0.463 e. The SMILES string of the molecule is CCOC(=O)/C=C/C1=Cc2cc(Cl)ccc2C(C2CCN(SOOC)CC2)c2ncccc21. The summed E-state index contributed by atoms with van der Waals surface area (Å²) in [6, 6.07) is 10.1. The quantitative estimate of drug-likeness (QED) is 0.124. The highest BCUT2D eigenvalue weighted by molar-refractivity contribution is 7.92. The Kier molecular flexibility index (Phi) is 8.22. The summed E-state index contributed by atoms with van der Waals surface area (Å²) in [4.78, 5) is 21.6. The first-order valence-corrected chi connectivity index (χ1v) is 12.1. The van der Waals surface area contributed by atoms with Crippen LogP contribution in [0.1, 0.15) is 48.1 Å². The second kappa shape index (κ2) is 11.3. The van der Waals surface area contributed by atoms with Crippen molar-refractivity contribution in [3.63, 3.8) is 0 Å². The molecule has 33 heavy (non-hydrogen) atoms. The minimum absolute atomic E-state index is 0.119. The predicted molar refractivity (Wildman–Crippen MR) is 131 cm³/mol. The third-order valence-corrected chi connectivity index (χ3v) is 7.01. The molecule has 0 amide bonds. The first-order chi connectivity index (χ1) is 16.1. The van der Waals surface area contributed by atoms with E-state index in [4.69, 9.17) is 30.5 Å². The van der Waals surface area contributed by atoms with E-state index in [0.717, 1.165) is 48.3 Å². The van der Waals surface area contributed by atoms with Crippen molar-refractivity contribution in [2.75, 3.05) is 26.8 Å². The molecule has 1 fully saturated rings. The summed E-state index contributed by atoms with van der Waals surface area (Å²) in [5.74, 6) is 0.160. The zero-order chi connectivity index (χ0) is 23.2. The van der Waals surface area contributed by atoms with Crippen LogP contribution < -0.4 is 0 Å². The molecule has 0 saturated carbocycles. The van der Waals surface area contributed by atoms with Crippen LogP contribution in [0.5, 0.6) is 0 Å². The number of aromatic nitrogens is 1. The lowest BCUT2D eigenvalue weighted by Gasteiger charge is -2.35. The van der Waals surface area contributed by atoms with Gasteiger partial charge in [0.1, 0.15) is 12.2 Å². The molecule has 4 rings (SSSR count). The van der Waals surface area contributed by atoms with E-state index < -0.39 is 0 Å². The van der Waals surface area contributed by atoms with Gasteiger partial charge < -0.3 is 4.74 Å². The highest BCUT2D eigenvalue weighted by atomic mass is 35.5. The molecular weight excluding hydrogens is 460 g/mol. The van der Waals surface area contributed by atoms with E-state index >= 15 is 0 Å². The monoisotopic (exact) mass is 486 g/mol. The number of halogens is 1. The molecule has 1 aliphatic heterocycles. The number of allylic oxidation sites excluding steroid dienone is 2. The summed E-state index contributed by atoms with van der Waals surface area (Å²) in [5.41, 5.74) is 5.22. The number of piperidine rings is 1. The molecule has 1 saturated heterocycles. The number of nitrogens with zero attached hydrogens (tertiary/aromatic N) is 2. The first-order valence-electron chi connectivity index (χ1n) is 11.0. The summed E-state index contributed by atoms with van der Waals surface area (Å²) in [5, 5.41) is 0.680. The molecule has 1 atom stereocenters. The maximum absolute atomic E-state index is 12.0.